The van der Waals surface area contributed by atoms with E-state index in [1.54, 1.807) is 0 Å². The molecular formula is C17H32N2O2. The molecule has 1 saturated heterocycles. The molecule has 1 aliphatic heterocycles. The molecule has 1 aliphatic carbocycles. The number of carbonyl (C=O) groups is 1. The van der Waals surface area contributed by atoms with Gasteiger partial charge in [-0.25, -0.2) is 4.79 Å². The molecule has 2 aliphatic rings. The van der Waals surface area contributed by atoms with Gasteiger partial charge in [-0.3, -0.25) is 0 Å². The van der Waals surface area contributed by atoms with Gasteiger partial charge in [0, 0.05) is 25.2 Å². The summed E-state index contributed by atoms with van der Waals surface area (Å²) in [4.78, 5) is 14.1. The van der Waals surface area contributed by atoms with Crippen molar-refractivity contribution in [3.8, 4) is 0 Å². The molecule has 3 atom stereocenters. The molecule has 2 fully saturated rings. The topological polar surface area (TPSA) is 41.6 Å². The van der Waals surface area contributed by atoms with Gasteiger partial charge in [0.15, 0.2) is 0 Å². The summed E-state index contributed by atoms with van der Waals surface area (Å²) in [5.41, 5.74) is -0.408. The summed E-state index contributed by atoms with van der Waals surface area (Å²) in [6.07, 6.45) is 4.86. The van der Waals surface area contributed by atoms with E-state index in [9.17, 15) is 4.79 Å². The van der Waals surface area contributed by atoms with Crippen molar-refractivity contribution in [1.82, 2.24) is 10.2 Å². The van der Waals surface area contributed by atoms with E-state index >= 15 is 0 Å². The lowest BCUT2D eigenvalue weighted by Gasteiger charge is -2.37. The second-order valence-corrected chi connectivity index (χ2v) is 7.91. The molecule has 0 aromatic carbocycles. The van der Waals surface area contributed by atoms with Gasteiger partial charge in [0.2, 0.25) is 0 Å². The third kappa shape index (κ3) is 5.17. The Bertz CT molecular complexity index is 360. The second-order valence-electron chi connectivity index (χ2n) is 7.91. The summed E-state index contributed by atoms with van der Waals surface area (Å²) in [7, 11) is 0. The second kappa shape index (κ2) is 6.55. The Morgan fingerprint density at radius 2 is 1.76 bits per heavy atom. The molecule has 122 valence electrons. The molecule has 0 radical (unpaired) electrons. The summed E-state index contributed by atoms with van der Waals surface area (Å²) >= 11 is 0. The fourth-order valence-electron chi connectivity index (χ4n) is 3.19. The molecule has 0 spiro atoms. The third-order valence-electron chi connectivity index (χ3n) is 4.67. The highest BCUT2D eigenvalue weighted by Gasteiger charge is 2.33. The number of hydrogen-bond donors (Lipinski definition) is 1. The van der Waals surface area contributed by atoms with E-state index < -0.39 is 5.60 Å². The number of carbonyl (C=O) groups excluding carboxylic acids is 1. The minimum Gasteiger partial charge on any atom is -0.444 e. The maximum atomic E-state index is 12.2. The number of nitrogens with one attached hydrogen (secondary N) is 1. The van der Waals surface area contributed by atoms with Gasteiger partial charge in [-0.05, 0) is 72.1 Å². The van der Waals surface area contributed by atoms with Crippen LogP contribution in [0.5, 0.6) is 0 Å². The van der Waals surface area contributed by atoms with Gasteiger partial charge >= 0.3 is 6.09 Å². The van der Waals surface area contributed by atoms with Gasteiger partial charge in [0.25, 0.3) is 0 Å². The molecule has 21 heavy (non-hydrogen) atoms. The van der Waals surface area contributed by atoms with Crippen molar-refractivity contribution in [3.63, 3.8) is 0 Å². The molecule has 0 bridgehead atoms. The molecule has 1 N–H and O–H groups in total. The number of hydrogen-bond acceptors (Lipinski definition) is 3. The molecule has 1 saturated carbocycles. The van der Waals surface area contributed by atoms with Crippen molar-refractivity contribution in [2.45, 2.75) is 78.0 Å². The summed E-state index contributed by atoms with van der Waals surface area (Å²) < 4.78 is 5.50. The zero-order valence-corrected chi connectivity index (χ0v) is 14.3. The summed E-state index contributed by atoms with van der Waals surface area (Å²) in [5.74, 6) is 1.41. The van der Waals surface area contributed by atoms with Crippen LogP contribution in [0.1, 0.15) is 60.3 Å². The van der Waals surface area contributed by atoms with E-state index in [0.29, 0.717) is 18.0 Å². The van der Waals surface area contributed by atoms with Crippen molar-refractivity contribution in [2.75, 3.05) is 13.1 Å². The van der Waals surface area contributed by atoms with Gasteiger partial charge in [-0.15, -0.1) is 0 Å². The average molecular weight is 296 g/mol. The lowest BCUT2D eigenvalue weighted by molar-refractivity contribution is 0.0146. The lowest BCUT2D eigenvalue weighted by atomic mass is 9.91. The maximum absolute atomic E-state index is 12.2. The van der Waals surface area contributed by atoms with Gasteiger partial charge in [0.05, 0.1) is 0 Å². The predicted molar refractivity (Wildman–Crippen MR) is 85.3 cm³/mol. The number of ether oxygens (including phenoxy) is 1. The number of nitrogens with zero attached hydrogens (tertiary/aromatic N) is 1. The van der Waals surface area contributed by atoms with Crippen LogP contribution >= 0.6 is 0 Å². The van der Waals surface area contributed by atoms with Crippen LogP contribution in [-0.4, -0.2) is 41.8 Å². The normalized spacial score (nSPS) is 26.3. The number of piperidine rings is 1. The van der Waals surface area contributed by atoms with Crippen LogP contribution in [0, 0.1) is 11.8 Å². The Hall–Kier alpha value is -0.770. The minimum absolute atomic E-state index is 0.158. The molecule has 0 aromatic heterocycles. The number of rotatable bonds is 4. The molecule has 1 heterocycles. The molecule has 4 nitrogen and oxygen atoms in total. The fraction of sp³-hybridized carbons (Fsp3) is 0.941. The largest absolute Gasteiger partial charge is 0.444 e. The SMILES string of the molecule is CC(NC(C)C1CCCN(C(=O)OC(C)(C)C)C1)C1CC1. The summed E-state index contributed by atoms with van der Waals surface area (Å²) in [6.45, 7) is 12.0. The molecule has 1 amide bonds. The zero-order chi connectivity index (χ0) is 15.6. The van der Waals surface area contributed by atoms with Crippen LogP contribution in [0.4, 0.5) is 4.79 Å². The zero-order valence-electron chi connectivity index (χ0n) is 14.3. The van der Waals surface area contributed by atoms with E-state index in [4.69, 9.17) is 4.74 Å². The fourth-order valence-corrected chi connectivity index (χ4v) is 3.19. The maximum Gasteiger partial charge on any atom is 0.410 e. The summed E-state index contributed by atoms with van der Waals surface area (Å²) in [5, 5.41) is 3.74. The molecule has 2 rings (SSSR count). The summed E-state index contributed by atoms with van der Waals surface area (Å²) in [6, 6.07) is 1.07. The van der Waals surface area contributed by atoms with Crippen LogP contribution < -0.4 is 5.32 Å². The van der Waals surface area contributed by atoms with E-state index in [0.717, 1.165) is 25.4 Å². The third-order valence-corrected chi connectivity index (χ3v) is 4.67. The highest BCUT2D eigenvalue weighted by Crippen LogP contribution is 2.33. The Morgan fingerprint density at radius 3 is 2.33 bits per heavy atom. The Balaban J connectivity index is 1.83. The predicted octanol–water partition coefficient (Wildman–Crippen LogP) is 3.41. The van der Waals surface area contributed by atoms with Crippen molar-refractivity contribution < 1.29 is 9.53 Å². The standard InChI is InChI=1S/C17H32N2O2/c1-12(14-8-9-14)18-13(2)15-7-6-10-19(11-15)16(20)21-17(3,4)5/h12-15,18H,6-11H2,1-5H3. The van der Waals surface area contributed by atoms with E-state index in [-0.39, 0.29) is 6.09 Å². The number of amides is 1. The highest BCUT2D eigenvalue weighted by molar-refractivity contribution is 5.68. The Morgan fingerprint density at radius 1 is 1.14 bits per heavy atom. The van der Waals surface area contributed by atoms with Crippen LogP contribution in [0.25, 0.3) is 0 Å². The van der Waals surface area contributed by atoms with E-state index in [2.05, 4.69) is 19.2 Å². The minimum atomic E-state index is -0.408. The van der Waals surface area contributed by atoms with Crippen LogP contribution in [-0.2, 0) is 4.74 Å². The lowest BCUT2D eigenvalue weighted by Crippen LogP contribution is -2.49. The van der Waals surface area contributed by atoms with Crippen molar-refractivity contribution in [1.29, 1.82) is 0 Å². The monoisotopic (exact) mass is 296 g/mol. The van der Waals surface area contributed by atoms with Gasteiger partial charge < -0.3 is 15.0 Å². The van der Waals surface area contributed by atoms with Gasteiger partial charge in [-0.1, -0.05) is 0 Å². The van der Waals surface area contributed by atoms with Crippen LogP contribution in [0.3, 0.4) is 0 Å². The van der Waals surface area contributed by atoms with Crippen molar-refractivity contribution >= 4 is 6.09 Å². The number of likely N-dealkylation sites (tertiary alicyclic amines) is 1. The van der Waals surface area contributed by atoms with Crippen molar-refractivity contribution in [2.24, 2.45) is 11.8 Å². The molecule has 0 aromatic rings. The van der Waals surface area contributed by atoms with E-state index in [1.165, 1.54) is 19.3 Å². The Kier molecular flexibility index (Phi) is 5.18. The molecule has 4 heteroatoms. The Labute approximate surface area is 129 Å². The molecule has 3 unspecified atom stereocenters. The van der Waals surface area contributed by atoms with Crippen LogP contribution in [0.15, 0.2) is 0 Å². The van der Waals surface area contributed by atoms with Gasteiger partial charge in [0.1, 0.15) is 5.60 Å². The smallest absolute Gasteiger partial charge is 0.410 e. The highest BCUT2D eigenvalue weighted by atomic mass is 16.6. The first-order valence-electron chi connectivity index (χ1n) is 8.50. The quantitative estimate of drug-likeness (QED) is 0.864. The average Bonchev–Trinajstić information content (AvgIpc) is 3.21. The first-order valence-corrected chi connectivity index (χ1v) is 8.50. The van der Waals surface area contributed by atoms with Crippen molar-refractivity contribution in [3.05, 3.63) is 0 Å². The molecular weight excluding hydrogens is 264 g/mol. The van der Waals surface area contributed by atoms with Gasteiger partial charge in [-0.2, -0.15) is 0 Å². The van der Waals surface area contributed by atoms with E-state index in [1.807, 2.05) is 25.7 Å². The first-order chi connectivity index (χ1) is 9.76. The van der Waals surface area contributed by atoms with Crippen LogP contribution in [0.2, 0.25) is 0 Å². The first kappa shape index (κ1) is 16.6.